The van der Waals surface area contributed by atoms with Crippen molar-refractivity contribution in [2.24, 2.45) is 5.73 Å². The molecule has 0 saturated carbocycles. The van der Waals surface area contributed by atoms with Crippen molar-refractivity contribution in [3.63, 3.8) is 0 Å². The van der Waals surface area contributed by atoms with Crippen LogP contribution in [0, 0.1) is 0 Å². The zero-order valence-electron chi connectivity index (χ0n) is 14.7. The van der Waals surface area contributed by atoms with E-state index in [-0.39, 0.29) is 34.0 Å². The van der Waals surface area contributed by atoms with Gasteiger partial charge in [-0.05, 0) is 17.2 Å². The lowest BCUT2D eigenvalue weighted by atomic mass is 10.1. The first kappa shape index (κ1) is 22.7. The van der Waals surface area contributed by atoms with Crippen molar-refractivity contribution in [1.82, 2.24) is 0 Å². The van der Waals surface area contributed by atoms with Gasteiger partial charge in [0.1, 0.15) is 5.56 Å². The molecule has 0 bridgehead atoms. The Morgan fingerprint density at radius 3 is 2.00 bits per heavy atom. The van der Waals surface area contributed by atoms with E-state index in [9.17, 15) is 4.79 Å². The number of nitrogens with zero attached hydrogens (tertiary/aromatic N) is 2. The molecule has 0 aliphatic carbocycles. The minimum atomic E-state index is -0.406. The number of carbonyl (C=O) groups is 1. The molecule has 0 unspecified atom stereocenters. The number of hydrogen-bond acceptors (Lipinski definition) is 1. The molecular formula is C21H21Br2N3O. The predicted molar refractivity (Wildman–Crippen MR) is 97.2 cm³/mol. The topological polar surface area (TPSA) is 50.9 Å². The highest BCUT2D eigenvalue weighted by Crippen LogP contribution is 2.06. The van der Waals surface area contributed by atoms with E-state index in [0.717, 1.165) is 18.7 Å². The molecule has 6 heteroatoms. The van der Waals surface area contributed by atoms with Crippen LogP contribution in [0.1, 0.15) is 21.5 Å². The van der Waals surface area contributed by atoms with Gasteiger partial charge in [-0.25, -0.2) is 0 Å². The SMILES string of the molecule is NC(=O)c1ccc[n+](CC[n+]2ccc(/C=C/c3ccccc3)cc2)c1.[Br-].[Br-]. The Morgan fingerprint density at radius 2 is 1.37 bits per heavy atom. The van der Waals surface area contributed by atoms with Gasteiger partial charge in [0.25, 0.3) is 5.91 Å². The van der Waals surface area contributed by atoms with E-state index in [1.165, 1.54) is 5.56 Å². The number of halogens is 2. The number of primary amides is 1. The van der Waals surface area contributed by atoms with E-state index in [4.69, 9.17) is 5.73 Å². The molecule has 2 aromatic heterocycles. The summed E-state index contributed by atoms with van der Waals surface area (Å²) >= 11 is 0. The minimum Gasteiger partial charge on any atom is -1.00 e. The van der Waals surface area contributed by atoms with Crippen LogP contribution in [-0.4, -0.2) is 5.91 Å². The number of benzene rings is 1. The Labute approximate surface area is 180 Å². The largest absolute Gasteiger partial charge is 1.00 e. The van der Waals surface area contributed by atoms with E-state index in [1.54, 1.807) is 12.3 Å². The molecule has 0 spiro atoms. The first-order valence-electron chi connectivity index (χ1n) is 8.22. The molecule has 2 N–H and O–H groups in total. The quantitative estimate of drug-likeness (QED) is 0.354. The van der Waals surface area contributed by atoms with E-state index in [0.29, 0.717) is 5.56 Å². The van der Waals surface area contributed by atoms with Gasteiger partial charge in [0.05, 0.1) is 0 Å². The Balaban J connectivity index is 0.00000182. The van der Waals surface area contributed by atoms with Gasteiger partial charge in [0.2, 0.25) is 13.1 Å². The first-order chi connectivity index (χ1) is 12.2. The van der Waals surface area contributed by atoms with Crippen molar-refractivity contribution >= 4 is 18.1 Å². The Kier molecular flexibility index (Phi) is 9.61. The second-order valence-electron chi connectivity index (χ2n) is 5.81. The summed E-state index contributed by atoms with van der Waals surface area (Å²) < 4.78 is 4.08. The van der Waals surface area contributed by atoms with Crippen molar-refractivity contribution < 1.29 is 47.9 Å². The number of amides is 1. The number of hydrogen-bond donors (Lipinski definition) is 1. The summed E-state index contributed by atoms with van der Waals surface area (Å²) in [5.41, 5.74) is 8.18. The molecular weight excluding hydrogens is 470 g/mol. The van der Waals surface area contributed by atoms with Crippen LogP contribution in [0.5, 0.6) is 0 Å². The molecule has 1 aromatic carbocycles. The summed E-state index contributed by atoms with van der Waals surface area (Å²) in [7, 11) is 0. The van der Waals surface area contributed by atoms with Crippen LogP contribution in [0.3, 0.4) is 0 Å². The van der Waals surface area contributed by atoms with Crippen LogP contribution in [0.4, 0.5) is 0 Å². The lowest BCUT2D eigenvalue weighted by molar-refractivity contribution is -0.778. The van der Waals surface area contributed by atoms with Gasteiger partial charge in [0.15, 0.2) is 24.8 Å². The fourth-order valence-electron chi connectivity index (χ4n) is 2.52. The molecule has 3 aromatic rings. The molecule has 2 heterocycles. The third-order valence-corrected chi connectivity index (χ3v) is 3.94. The monoisotopic (exact) mass is 489 g/mol. The lowest BCUT2D eigenvalue weighted by Gasteiger charge is -1.98. The highest BCUT2D eigenvalue weighted by Gasteiger charge is 2.09. The summed E-state index contributed by atoms with van der Waals surface area (Å²) in [5, 5.41) is 0. The normalized spacial score (nSPS) is 10.1. The number of rotatable bonds is 6. The number of nitrogens with two attached hydrogens (primary N) is 1. The van der Waals surface area contributed by atoms with Crippen LogP contribution in [0.25, 0.3) is 12.2 Å². The van der Waals surface area contributed by atoms with Gasteiger partial charge in [0, 0.05) is 18.2 Å². The summed E-state index contributed by atoms with van der Waals surface area (Å²) in [4.78, 5) is 11.2. The van der Waals surface area contributed by atoms with Gasteiger partial charge in [-0.15, -0.1) is 0 Å². The van der Waals surface area contributed by atoms with Crippen LogP contribution in [0.15, 0.2) is 79.4 Å². The summed E-state index contributed by atoms with van der Waals surface area (Å²) in [6.07, 6.45) is 12.0. The molecule has 0 aliphatic heterocycles. The third-order valence-electron chi connectivity index (χ3n) is 3.94. The number of pyridine rings is 2. The number of carbonyl (C=O) groups excluding carboxylic acids is 1. The molecule has 4 nitrogen and oxygen atoms in total. The van der Waals surface area contributed by atoms with Gasteiger partial charge < -0.3 is 39.7 Å². The van der Waals surface area contributed by atoms with Gasteiger partial charge in [-0.2, -0.15) is 9.13 Å². The molecule has 0 atom stereocenters. The van der Waals surface area contributed by atoms with Gasteiger partial charge in [-0.3, -0.25) is 4.79 Å². The average Bonchev–Trinajstić information content (AvgIpc) is 2.66. The summed E-state index contributed by atoms with van der Waals surface area (Å²) in [5.74, 6) is -0.406. The lowest BCUT2D eigenvalue weighted by Crippen LogP contribution is -3.00. The number of aryl methyl sites for hydroxylation is 2. The maximum Gasteiger partial charge on any atom is 0.254 e. The molecule has 0 aliphatic rings. The van der Waals surface area contributed by atoms with Crippen molar-refractivity contribution in [2.75, 3.05) is 0 Å². The van der Waals surface area contributed by atoms with Crippen molar-refractivity contribution in [3.8, 4) is 0 Å². The third kappa shape index (κ3) is 7.07. The minimum absolute atomic E-state index is 0. The number of aromatic nitrogens is 2. The molecule has 27 heavy (non-hydrogen) atoms. The van der Waals surface area contributed by atoms with Crippen LogP contribution in [-0.2, 0) is 13.1 Å². The molecule has 1 amide bonds. The van der Waals surface area contributed by atoms with Crippen LogP contribution < -0.4 is 48.8 Å². The standard InChI is InChI=1S/C21H20N3O.2BrH/c22-21(25)20-7-4-12-24(17-20)16-15-23-13-10-19(11-14-23)9-8-18-5-2-1-3-6-18;;/h1-14,17H,15-16H2,(H-,22,25);2*1H/q+1;;/p-1/b9-8+;;. The highest BCUT2D eigenvalue weighted by molar-refractivity contribution is 5.92. The Morgan fingerprint density at radius 1 is 0.778 bits per heavy atom. The van der Waals surface area contributed by atoms with Crippen molar-refractivity contribution in [1.29, 1.82) is 0 Å². The van der Waals surface area contributed by atoms with E-state index >= 15 is 0 Å². The summed E-state index contributed by atoms with van der Waals surface area (Å²) in [6, 6.07) is 18.0. The maximum atomic E-state index is 11.2. The molecule has 0 fully saturated rings. The summed E-state index contributed by atoms with van der Waals surface area (Å²) in [6.45, 7) is 1.58. The molecule has 0 saturated heterocycles. The smallest absolute Gasteiger partial charge is 0.254 e. The van der Waals surface area contributed by atoms with E-state index in [1.807, 2.05) is 35.0 Å². The average molecular weight is 491 g/mol. The van der Waals surface area contributed by atoms with E-state index < -0.39 is 5.91 Å². The predicted octanol–water partition coefficient (Wildman–Crippen LogP) is -3.76. The Hall–Kier alpha value is -2.31. The molecule has 140 valence electrons. The van der Waals surface area contributed by atoms with E-state index in [2.05, 4.69) is 53.4 Å². The Bertz CT molecular complexity index is 881. The fraction of sp³-hybridized carbons (Fsp3) is 0.0952. The maximum absolute atomic E-state index is 11.2. The van der Waals surface area contributed by atoms with Gasteiger partial charge in [-0.1, -0.05) is 42.5 Å². The van der Waals surface area contributed by atoms with Crippen molar-refractivity contribution in [3.05, 3.63) is 96.1 Å². The zero-order valence-corrected chi connectivity index (χ0v) is 17.9. The van der Waals surface area contributed by atoms with Crippen LogP contribution >= 0.6 is 0 Å². The molecule has 3 rings (SSSR count). The van der Waals surface area contributed by atoms with Gasteiger partial charge >= 0.3 is 0 Å². The highest BCUT2D eigenvalue weighted by atomic mass is 79.9. The zero-order chi connectivity index (χ0) is 17.5. The second-order valence-corrected chi connectivity index (χ2v) is 5.81. The second kappa shape index (κ2) is 11.4. The molecule has 0 radical (unpaired) electrons. The first-order valence-corrected chi connectivity index (χ1v) is 8.22. The van der Waals surface area contributed by atoms with Crippen LogP contribution in [0.2, 0.25) is 0 Å². The van der Waals surface area contributed by atoms with Crippen molar-refractivity contribution in [2.45, 2.75) is 13.1 Å². The fourth-order valence-corrected chi connectivity index (χ4v) is 2.52.